The molecule has 2 rings (SSSR count). The summed E-state index contributed by atoms with van der Waals surface area (Å²) in [5.41, 5.74) is 0. The van der Waals surface area contributed by atoms with Crippen molar-refractivity contribution in [2.24, 2.45) is 11.8 Å². The fourth-order valence-electron chi connectivity index (χ4n) is 3.48. The van der Waals surface area contributed by atoms with E-state index in [-0.39, 0.29) is 30.3 Å². The Morgan fingerprint density at radius 2 is 1.96 bits per heavy atom. The fraction of sp³-hybridized carbons (Fsp3) is 0.875. The third-order valence-electron chi connectivity index (χ3n) is 4.79. The summed E-state index contributed by atoms with van der Waals surface area (Å²) < 4.78 is 37.4. The molecule has 0 saturated carbocycles. The van der Waals surface area contributed by atoms with Crippen LogP contribution in [0.25, 0.3) is 0 Å². The number of hydrogen-bond acceptors (Lipinski definition) is 3. The van der Waals surface area contributed by atoms with Gasteiger partial charge < -0.3 is 15.1 Å². The lowest BCUT2D eigenvalue weighted by atomic mass is 9.92. The second kappa shape index (κ2) is 7.29. The largest absolute Gasteiger partial charge is 0.406 e. The van der Waals surface area contributed by atoms with Crippen molar-refractivity contribution in [3.05, 3.63) is 0 Å². The smallest absolute Gasteiger partial charge is 0.342 e. The molecule has 2 aliphatic rings. The van der Waals surface area contributed by atoms with E-state index >= 15 is 0 Å². The Hall–Kier alpha value is -1.31. The number of carbonyl (C=O) groups excluding carboxylic acids is 2. The first-order chi connectivity index (χ1) is 11.1. The van der Waals surface area contributed by atoms with Gasteiger partial charge in [0.15, 0.2) is 0 Å². The zero-order valence-electron chi connectivity index (χ0n) is 14.4. The summed E-state index contributed by atoms with van der Waals surface area (Å²) in [6.07, 6.45) is -3.25. The monoisotopic (exact) mass is 349 g/mol. The Balaban J connectivity index is 1.87. The molecule has 0 aromatic rings. The number of halogens is 3. The highest BCUT2D eigenvalue weighted by atomic mass is 19.4. The van der Waals surface area contributed by atoms with Gasteiger partial charge in [0, 0.05) is 31.6 Å². The van der Waals surface area contributed by atoms with E-state index in [1.165, 1.54) is 0 Å². The van der Waals surface area contributed by atoms with Crippen LogP contribution in [0.1, 0.15) is 33.6 Å². The minimum atomic E-state index is -4.36. The standard InChI is InChI=1S/C16H26F3N3O2/c1-10(2)14(23)21-6-4-12(11(3)8-21)20-13-5-7-22(15(13)24)9-16(17,18)19/h10-13,20H,4-9H2,1-3H3. The van der Waals surface area contributed by atoms with E-state index in [2.05, 4.69) is 5.32 Å². The molecular weight excluding hydrogens is 323 g/mol. The molecule has 138 valence electrons. The van der Waals surface area contributed by atoms with E-state index in [0.29, 0.717) is 25.9 Å². The number of nitrogens with zero attached hydrogens (tertiary/aromatic N) is 2. The molecule has 3 atom stereocenters. The van der Waals surface area contributed by atoms with Gasteiger partial charge in [-0.15, -0.1) is 0 Å². The van der Waals surface area contributed by atoms with Crippen molar-refractivity contribution in [3.63, 3.8) is 0 Å². The maximum atomic E-state index is 12.5. The number of rotatable bonds is 4. The summed E-state index contributed by atoms with van der Waals surface area (Å²) in [7, 11) is 0. The van der Waals surface area contributed by atoms with Gasteiger partial charge in [0.05, 0.1) is 6.04 Å². The molecule has 2 amide bonds. The second-order valence-corrected chi connectivity index (χ2v) is 7.19. The highest BCUT2D eigenvalue weighted by molar-refractivity contribution is 5.84. The van der Waals surface area contributed by atoms with E-state index in [9.17, 15) is 22.8 Å². The Labute approximate surface area is 140 Å². The molecule has 2 saturated heterocycles. The van der Waals surface area contributed by atoms with Crippen molar-refractivity contribution in [1.29, 1.82) is 0 Å². The van der Waals surface area contributed by atoms with Crippen molar-refractivity contribution in [2.75, 3.05) is 26.2 Å². The number of alkyl halides is 3. The lowest BCUT2D eigenvalue weighted by Crippen LogP contribution is -2.54. The first-order valence-electron chi connectivity index (χ1n) is 8.49. The minimum absolute atomic E-state index is 0.0426. The maximum Gasteiger partial charge on any atom is 0.406 e. The Bertz CT molecular complexity index is 482. The third kappa shape index (κ3) is 4.62. The molecule has 0 aliphatic carbocycles. The van der Waals surface area contributed by atoms with E-state index in [4.69, 9.17) is 0 Å². The molecule has 0 aromatic carbocycles. The summed E-state index contributed by atoms with van der Waals surface area (Å²) in [5.74, 6) is -0.242. The molecule has 2 aliphatic heterocycles. The summed E-state index contributed by atoms with van der Waals surface area (Å²) in [5, 5.41) is 3.23. The van der Waals surface area contributed by atoms with E-state index in [1.807, 2.05) is 25.7 Å². The van der Waals surface area contributed by atoms with Gasteiger partial charge in [-0.3, -0.25) is 9.59 Å². The maximum absolute atomic E-state index is 12.5. The van der Waals surface area contributed by atoms with Crippen molar-refractivity contribution in [1.82, 2.24) is 15.1 Å². The number of piperidine rings is 1. The quantitative estimate of drug-likeness (QED) is 0.839. The van der Waals surface area contributed by atoms with E-state index in [0.717, 1.165) is 4.90 Å². The number of likely N-dealkylation sites (tertiary alicyclic amines) is 2. The van der Waals surface area contributed by atoms with Gasteiger partial charge in [0.1, 0.15) is 6.54 Å². The zero-order chi connectivity index (χ0) is 18.1. The molecule has 0 aromatic heterocycles. The van der Waals surface area contributed by atoms with Crippen LogP contribution in [-0.2, 0) is 9.59 Å². The SMILES string of the molecule is CC(C)C(=O)N1CCC(NC2CCN(CC(F)(F)F)C2=O)C(C)C1. The van der Waals surface area contributed by atoms with Gasteiger partial charge in [-0.25, -0.2) is 0 Å². The first kappa shape index (κ1) is 19.0. The van der Waals surface area contributed by atoms with Gasteiger partial charge in [-0.05, 0) is 18.8 Å². The van der Waals surface area contributed by atoms with Gasteiger partial charge in [0.2, 0.25) is 11.8 Å². The average Bonchev–Trinajstić information content (AvgIpc) is 2.79. The van der Waals surface area contributed by atoms with Crippen LogP contribution < -0.4 is 5.32 Å². The molecule has 8 heteroatoms. The third-order valence-corrected chi connectivity index (χ3v) is 4.79. The molecule has 2 fully saturated rings. The lowest BCUT2D eigenvalue weighted by Gasteiger charge is -2.39. The van der Waals surface area contributed by atoms with Crippen molar-refractivity contribution in [3.8, 4) is 0 Å². The fourth-order valence-corrected chi connectivity index (χ4v) is 3.48. The van der Waals surface area contributed by atoms with Crippen LogP contribution in [0.3, 0.4) is 0 Å². The molecule has 3 unspecified atom stereocenters. The number of hydrogen-bond donors (Lipinski definition) is 1. The van der Waals surface area contributed by atoms with Gasteiger partial charge >= 0.3 is 6.18 Å². The zero-order valence-corrected chi connectivity index (χ0v) is 14.4. The van der Waals surface area contributed by atoms with E-state index < -0.39 is 24.7 Å². The Morgan fingerprint density at radius 1 is 1.29 bits per heavy atom. The second-order valence-electron chi connectivity index (χ2n) is 7.19. The number of nitrogens with one attached hydrogen (secondary N) is 1. The van der Waals surface area contributed by atoms with Crippen molar-refractivity contribution >= 4 is 11.8 Å². The lowest BCUT2D eigenvalue weighted by molar-refractivity contribution is -0.158. The summed E-state index contributed by atoms with van der Waals surface area (Å²) in [6, 6.07) is -0.506. The average molecular weight is 349 g/mol. The Kier molecular flexibility index (Phi) is 5.78. The van der Waals surface area contributed by atoms with Gasteiger partial charge in [0.25, 0.3) is 0 Å². The summed E-state index contributed by atoms with van der Waals surface area (Å²) in [4.78, 5) is 26.9. The van der Waals surface area contributed by atoms with Crippen molar-refractivity contribution < 1.29 is 22.8 Å². The molecular formula is C16H26F3N3O2. The van der Waals surface area contributed by atoms with Crippen LogP contribution in [0.15, 0.2) is 0 Å². The molecule has 1 N–H and O–H groups in total. The van der Waals surface area contributed by atoms with Crippen LogP contribution in [0.2, 0.25) is 0 Å². The topological polar surface area (TPSA) is 52.7 Å². The molecule has 24 heavy (non-hydrogen) atoms. The van der Waals surface area contributed by atoms with Crippen LogP contribution in [0, 0.1) is 11.8 Å². The van der Waals surface area contributed by atoms with Crippen LogP contribution >= 0.6 is 0 Å². The highest BCUT2D eigenvalue weighted by Gasteiger charge is 2.41. The first-order valence-corrected chi connectivity index (χ1v) is 8.49. The predicted molar refractivity (Wildman–Crippen MR) is 83.2 cm³/mol. The van der Waals surface area contributed by atoms with Crippen molar-refractivity contribution in [2.45, 2.75) is 51.9 Å². The van der Waals surface area contributed by atoms with Crippen LogP contribution in [0.4, 0.5) is 13.2 Å². The van der Waals surface area contributed by atoms with Gasteiger partial charge in [-0.1, -0.05) is 20.8 Å². The van der Waals surface area contributed by atoms with Crippen LogP contribution in [0.5, 0.6) is 0 Å². The van der Waals surface area contributed by atoms with E-state index in [1.54, 1.807) is 0 Å². The van der Waals surface area contributed by atoms with Crippen LogP contribution in [-0.4, -0.2) is 66.1 Å². The molecule has 5 nitrogen and oxygen atoms in total. The minimum Gasteiger partial charge on any atom is -0.342 e. The predicted octanol–water partition coefficient (Wildman–Crippen LogP) is 1.63. The molecule has 0 bridgehead atoms. The summed E-state index contributed by atoms with van der Waals surface area (Å²) >= 11 is 0. The normalized spacial score (nSPS) is 28.8. The molecule has 2 heterocycles. The highest BCUT2D eigenvalue weighted by Crippen LogP contribution is 2.24. The summed E-state index contributed by atoms with van der Waals surface area (Å²) in [6.45, 7) is 5.92. The Morgan fingerprint density at radius 3 is 2.50 bits per heavy atom. The van der Waals surface area contributed by atoms with Gasteiger partial charge in [-0.2, -0.15) is 13.2 Å². The number of amides is 2. The molecule has 0 spiro atoms. The number of carbonyl (C=O) groups is 2. The molecule has 0 radical (unpaired) electrons.